The number of hydrogen-bond acceptors (Lipinski definition) is 4. The van der Waals surface area contributed by atoms with Crippen LogP contribution in [0.1, 0.15) is 28.8 Å². The molecule has 4 aromatic rings. The number of imidazole rings is 1. The highest BCUT2D eigenvalue weighted by atomic mass is 32.2. The van der Waals surface area contributed by atoms with Crippen molar-refractivity contribution >= 4 is 23.4 Å². The number of benzene rings is 3. The van der Waals surface area contributed by atoms with Crippen molar-refractivity contribution < 1.29 is 9.18 Å². The lowest BCUT2D eigenvalue weighted by atomic mass is 9.94. The molecule has 0 saturated carbocycles. The summed E-state index contributed by atoms with van der Waals surface area (Å²) in [5, 5.41) is 0. The van der Waals surface area contributed by atoms with Gasteiger partial charge in [-0.25, -0.2) is 9.37 Å². The molecule has 0 bridgehead atoms. The first-order chi connectivity index (χ1) is 19.0. The number of para-hydroxylation sites is 1. The summed E-state index contributed by atoms with van der Waals surface area (Å²) < 4.78 is 15.9. The number of hydrogen-bond donors (Lipinski definition) is 0. The normalized spacial score (nSPS) is 18.0. The molecule has 3 aromatic carbocycles. The van der Waals surface area contributed by atoms with E-state index in [9.17, 15) is 9.18 Å². The minimum absolute atomic E-state index is 0.126. The fourth-order valence-corrected chi connectivity index (χ4v) is 5.97. The first kappa shape index (κ1) is 27.2. The Morgan fingerprint density at radius 2 is 1.79 bits per heavy atom. The topological polar surface area (TPSA) is 41.4 Å². The van der Waals surface area contributed by atoms with Crippen molar-refractivity contribution in [2.45, 2.75) is 44.9 Å². The average Bonchev–Trinajstić information content (AvgIpc) is 3.38. The predicted molar refractivity (Wildman–Crippen MR) is 158 cm³/mol. The van der Waals surface area contributed by atoms with Gasteiger partial charge in [0.2, 0.25) is 5.91 Å². The van der Waals surface area contributed by atoms with Crippen LogP contribution in [0.5, 0.6) is 0 Å². The number of carbonyl (C=O) groups is 1. The summed E-state index contributed by atoms with van der Waals surface area (Å²) in [6, 6.07) is 24.9. The second-order valence-corrected chi connectivity index (χ2v) is 11.2. The SMILES string of the molecule is CSCCC1CN(c2ccccc2)C(=O)C(Cc2ccccc2C)N1Cc1cncn1Cc1cccc(F)c1. The fraction of sp³-hybridized carbons (Fsp3) is 0.312. The van der Waals surface area contributed by atoms with Crippen molar-refractivity contribution in [2.24, 2.45) is 0 Å². The number of carbonyl (C=O) groups excluding carboxylic acids is 1. The summed E-state index contributed by atoms with van der Waals surface area (Å²) in [7, 11) is 0. The first-order valence-corrected chi connectivity index (χ1v) is 14.8. The van der Waals surface area contributed by atoms with Gasteiger partial charge in [-0.05, 0) is 72.7 Å². The number of halogens is 1. The van der Waals surface area contributed by atoms with E-state index in [1.807, 2.05) is 71.4 Å². The molecule has 7 heteroatoms. The van der Waals surface area contributed by atoms with Crippen molar-refractivity contribution in [1.82, 2.24) is 14.5 Å². The number of nitrogens with zero attached hydrogens (tertiary/aromatic N) is 4. The molecular formula is C32H35FN4OS. The number of piperazine rings is 1. The van der Waals surface area contributed by atoms with E-state index < -0.39 is 0 Å². The zero-order valence-electron chi connectivity index (χ0n) is 22.5. The van der Waals surface area contributed by atoms with Gasteiger partial charge in [-0.2, -0.15) is 11.8 Å². The molecule has 5 nitrogen and oxygen atoms in total. The van der Waals surface area contributed by atoms with E-state index in [2.05, 4.69) is 39.8 Å². The molecule has 1 aliphatic rings. The largest absolute Gasteiger partial charge is 0.329 e. The molecule has 1 amide bonds. The van der Waals surface area contributed by atoms with E-state index >= 15 is 0 Å². The number of aryl methyl sites for hydroxylation is 1. The summed E-state index contributed by atoms with van der Waals surface area (Å²) in [5.41, 5.74) is 5.23. The lowest BCUT2D eigenvalue weighted by Gasteiger charge is -2.46. The van der Waals surface area contributed by atoms with Crippen LogP contribution in [0, 0.1) is 12.7 Å². The lowest BCUT2D eigenvalue weighted by molar-refractivity contribution is -0.128. The Bertz CT molecular complexity index is 1390. The van der Waals surface area contributed by atoms with Gasteiger partial charge in [0.1, 0.15) is 5.82 Å². The van der Waals surface area contributed by atoms with Gasteiger partial charge < -0.3 is 9.47 Å². The third-order valence-corrected chi connectivity index (χ3v) is 8.24. The van der Waals surface area contributed by atoms with Crippen LogP contribution in [0.2, 0.25) is 0 Å². The summed E-state index contributed by atoms with van der Waals surface area (Å²) >= 11 is 1.83. The summed E-state index contributed by atoms with van der Waals surface area (Å²) in [6.45, 7) is 3.88. The van der Waals surface area contributed by atoms with Crippen molar-refractivity contribution in [3.63, 3.8) is 0 Å². The second-order valence-electron chi connectivity index (χ2n) is 10.2. The molecule has 1 fully saturated rings. The van der Waals surface area contributed by atoms with E-state index in [4.69, 9.17) is 0 Å². The van der Waals surface area contributed by atoms with Crippen LogP contribution in [0.25, 0.3) is 0 Å². The van der Waals surface area contributed by atoms with Gasteiger partial charge in [0, 0.05) is 37.6 Å². The van der Waals surface area contributed by atoms with Crippen LogP contribution >= 0.6 is 11.8 Å². The summed E-state index contributed by atoms with van der Waals surface area (Å²) in [4.78, 5) is 23.0. The Morgan fingerprint density at radius 1 is 1.00 bits per heavy atom. The van der Waals surface area contributed by atoms with Crippen LogP contribution in [0.3, 0.4) is 0 Å². The van der Waals surface area contributed by atoms with Crippen molar-refractivity contribution in [3.05, 3.63) is 120 Å². The smallest absolute Gasteiger partial charge is 0.244 e. The Labute approximate surface area is 234 Å². The molecule has 0 radical (unpaired) electrons. The standard InChI is InChI=1S/C32H35FN4OS/c1-24-9-6-7-11-26(24)18-31-32(38)37(28-13-4-3-5-14-28)21-29(15-16-39-2)36(31)22-30-19-34-23-35(30)20-25-10-8-12-27(33)17-25/h3-14,17,19,23,29,31H,15-16,18,20-22H2,1-2H3. The van der Waals surface area contributed by atoms with E-state index in [1.165, 1.54) is 17.2 Å². The van der Waals surface area contributed by atoms with Crippen LogP contribution in [0.15, 0.2) is 91.4 Å². The third kappa shape index (κ3) is 6.43. The Kier molecular flexibility index (Phi) is 8.79. The van der Waals surface area contributed by atoms with Crippen molar-refractivity contribution in [3.8, 4) is 0 Å². The molecule has 39 heavy (non-hydrogen) atoms. The zero-order chi connectivity index (χ0) is 27.2. The molecule has 5 rings (SSSR count). The number of rotatable bonds is 10. The third-order valence-electron chi connectivity index (χ3n) is 7.60. The van der Waals surface area contributed by atoms with Gasteiger partial charge in [0.15, 0.2) is 0 Å². The van der Waals surface area contributed by atoms with Crippen molar-refractivity contribution in [2.75, 3.05) is 23.5 Å². The van der Waals surface area contributed by atoms with E-state index in [-0.39, 0.29) is 23.8 Å². The van der Waals surface area contributed by atoms with E-state index in [0.717, 1.165) is 29.1 Å². The molecule has 202 valence electrons. The number of aromatic nitrogens is 2. The quantitative estimate of drug-likeness (QED) is 0.248. The van der Waals surface area contributed by atoms with Crippen molar-refractivity contribution in [1.29, 1.82) is 0 Å². The average molecular weight is 543 g/mol. The first-order valence-electron chi connectivity index (χ1n) is 13.4. The lowest BCUT2D eigenvalue weighted by Crippen LogP contribution is -2.62. The Hall–Kier alpha value is -3.42. The molecule has 0 aliphatic carbocycles. The number of anilines is 1. The molecule has 0 N–H and O–H groups in total. The maximum absolute atomic E-state index is 14.2. The highest BCUT2D eigenvalue weighted by Crippen LogP contribution is 2.30. The van der Waals surface area contributed by atoms with Gasteiger partial charge in [-0.1, -0.05) is 54.6 Å². The fourth-order valence-electron chi connectivity index (χ4n) is 5.47. The summed E-state index contributed by atoms with van der Waals surface area (Å²) in [5.74, 6) is 0.894. The second kappa shape index (κ2) is 12.6. The maximum atomic E-state index is 14.2. The van der Waals surface area contributed by atoms with Gasteiger partial charge in [0.25, 0.3) is 0 Å². The number of amides is 1. The van der Waals surface area contributed by atoms with E-state index in [0.29, 0.717) is 26.1 Å². The Balaban J connectivity index is 1.50. The molecule has 2 atom stereocenters. The molecule has 1 aliphatic heterocycles. The van der Waals surface area contributed by atoms with Crippen LogP contribution in [-0.2, 0) is 24.3 Å². The monoisotopic (exact) mass is 542 g/mol. The minimum atomic E-state index is -0.315. The molecular weight excluding hydrogens is 507 g/mol. The Morgan fingerprint density at radius 3 is 2.56 bits per heavy atom. The predicted octanol–water partition coefficient (Wildman–Crippen LogP) is 5.96. The van der Waals surface area contributed by atoms with E-state index in [1.54, 1.807) is 18.5 Å². The molecule has 1 aromatic heterocycles. The highest BCUT2D eigenvalue weighted by molar-refractivity contribution is 7.98. The van der Waals surface area contributed by atoms with Crippen LogP contribution in [-0.4, -0.2) is 51.0 Å². The molecule has 0 spiro atoms. The molecule has 1 saturated heterocycles. The van der Waals surface area contributed by atoms with Gasteiger partial charge >= 0.3 is 0 Å². The molecule has 2 heterocycles. The maximum Gasteiger partial charge on any atom is 0.244 e. The minimum Gasteiger partial charge on any atom is -0.329 e. The van der Waals surface area contributed by atoms with Gasteiger partial charge in [0.05, 0.1) is 18.1 Å². The van der Waals surface area contributed by atoms with Crippen LogP contribution in [0.4, 0.5) is 10.1 Å². The highest BCUT2D eigenvalue weighted by Gasteiger charge is 2.41. The molecule has 2 unspecified atom stereocenters. The number of thioether (sulfide) groups is 1. The van der Waals surface area contributed by atoms with Gasteiger partial charge in [-0.15, -0.1) is 0 Å². The van der Waals surface area contributed by atoms with Gasteiger partial charge in [-0.3, -0.25) is 9.69 Å². The zero-order valence-corrected chi connectivity index (χ0v) is 23.4. The van der Waals surface area contributed by atoms with Crippen LogP contribution < -0.4 is 4.90 Å². The summed E-state index contributed by atoms with van der Waals surface area (Å²) in [6.07, 6.45) is 7.42.